The summed E-state index contributed by atoms with van der Waals surface area (Å²) in [4.78, 5) is 0. The predicted octanol–water partition coefficient (Wildman–Crippen LogP) is 3.24. The van der Waals surface area contributed by atoms with E-state index in [1.165, 1.54) is 13.2 Å². The molecule has 1 aliphatic rings. The number of halogens is 2. The SMILES string of the molecule is COc1ccc(F)c(F)c1C1CCC1. The molecule has 0 atom stereocenters. The van der Waals surface area contributed by atoms with Crippen LogP contribution in [0.3, 0.4) is 0 Å². The van der Waals surface area contributed by atoms with Gasteiger partial charge in [0.2, 0.25) is 0 Å². The van der Waals surface area contributed by atoms with E-state index in [1.807, 2.05) is 0 Å². The van der Waals surface area contributed by atoms with Crippen LogP contribution in [0.2, 0.25) is 0 Å². The molecule has 1 aromatic carbocycles. The largest absolute Gasteiger partial charge is 0.496 e. The number of rotatable bonds is 2. The molecule has 1 saturated carbocycles. The Labute approximate surface area is 81.7 Å². The highest BCUT2D eigenvalue weighted by molar-refractivity contribution is 5.39. The van der Waals surface area contributed by atoms with E-state index in [9.17, 15) is 8.78 Å². The number of benzene rings is 1. The molecule has 1 fully saturated rings. The molecule has 2 rings (SSSR count). The summed E-state index contributed by atoms with van der Waals surface area (Å²) < 4.78 is 31.5. The van der Waals surface area contributed by atoms with Gasteiger partial charge in [-0.05, 0) is 30.9 Å². The molecular formula is C11H12F2O. The minimum Gasteiger partial charge on any atom is -0.496 e. The van der Waals surface area contributed by atoms with Gasteiger partial charge in [0.15, 0.2) is 11.6 Å². The predicted molar refractivity (Wildman–Crippen MR) is 49.5 cm³/mol. The minimum atomic E-state index is -0.785. The molecule has 1 aliphatic carbocycles. The van der Waals surface area contributed by atoms with Gasteiger partial charge in [0.1, 0.15) is 5.75 Å². The summed E-state index contributed by atoms with van der Waals surface area (Å²) in [5, 5.41) is 0. The summed E-state index contributed by atoms with van der Waals surface area (Å²) in [6.45, 7) is 0. The average Bonchev–Trinajstić information content (AvgIpc) is 2.10. The van der Waals surface area contributed by atoms with Crippen molar-refractivity contribution in [1.82, 2.24) is 0 Å². The second kappa shape index (κ2) is 3.56. The van der Waals surface area contributed by atoms with Crippen molar-refractivity contribution in [2.24, 2.45) is 0 Å². The maximum absolute atomic E-state index is 13.5. The van der Waals surface area contributed by atoms with Gasteiger partial charge in [-0.2, -0.15) is 0 Å². The van der Waals surface area contributed by atoms with Gasteiger partial charge in [0.25, 0.3) is 0 Å². The maximum atomic E-state index is 13.5. The van der Waals surface area contributed by atoms with Crippen LogP contribution in [0.25, 0.3) is 0 Å². The zero-order valence-corrected chi connectivity index (χ0v) is 8.02. The monoisotopic (exact) mass is 198 g/mol. The van der Waals surface area contributed by atoms with E-state index < -0.39 is 11.6 Å². The van der Waals surface area contributed by atoms with Gasteiger partial charge < -0.3 is 4.74 Å². The summed E-state index contributed by atoms with van der Waals surface area (Å²) in [6, 6.07) is 2.60. The van der Waals surface area contributed by atoms with Crippen LogP contribution in [0.15, 0.2) is 12.1 Å². The van der Waals surface area contributed by atoms with Gasteiger partial charge in [-0.3, -0.25) is 0 Å². The number of ether oxygens (including phenoxy) is 1. The lowest BCUT2D eigenvalue weighted by atomic mass is 9.79. The van der Waals surface area contributed by atoms with Crippen LogP contribution < -0.4 is 4.74 Å². The van der Waals surface area contributed by atoms with Crippen molar-refractivity contribution in [1.29, 1.82) is 0 Å². The summed E-state index contributed by atoms with van der Waals surface area (Å²) in [7, 11) is 1.48. The molecule has 14 heavy (non-hydrogen) atoms. The minimum absolute atomic E-state index is 0.139. The summed E-state index contributed by atoms with van der Waals surface area (Å²) in [5.41, 5.74) is 0.416. The molecule has 0 unspecified atom stereocenters. The first kappa shape index (κ1) is 9.44. The van der Waals surface area contributed by atoms with E-state index in [1.54, 1.807) is 0 Å². The van der Waals surface area contributed by atoms with Crippen molar-refractivity contribution in [3.05, 3.63) is 29.3 Å². The third kappa shape index (κ3) is 1.37. The van der Waals surface area contributed by atoms with Gasteiger partial charge in [-0.25, -0.2) is 8.78 Å². The highest BCUT2D eigenvalue weighted by Gasteiger charge is 2.27. The van der Waals surface area contributed by atoms with Crippen LogP contribution in [0.4, 0.5) is 8.78 Å². The van der Waals surface area contributed by atoms with E-state index >= 15 is 0 Å². The van der Waals surface area contributed by atoms with Crippen molar-refractivity contribution < 1.29 is 13.5 Å². The van der Waals surface area contributed by atoms with E-state index in [0.29, 0.717) is 11.3 Å². The summed E-state index contributed by atoms with van der Waals surface area (Å²) in [6.07, 6.45) is 2.94. The van der Waals surface area contributed by atoms with Gasteiger partial charge in [0.05, 0.1) is 7.11 Å². The van der Waals surface area contributed by atoms with Crippen LogP contribution in [0.1, 0.15) is 30.7 Å². The molecule has 0 saturated heterocycles. The number of methoxy groups -OCH3 is 1. The van der Waals surface area contributed by atoms with E-state index in [0.717, 1.165) is 25.3 Å². The molecule has 0 amide bonds. The molecular weight excluding hydrogens is 186 g/mol. The van der Waals surface area contributed by atoms with Crippen molar-refractivity contribution >= 4 is 0 Å². The lowest BCUT2D eigenvalue weighted by Gasteiger charge is -2.27. The molecule has 1 nitrogen and oxygen atoms in total. The average molecular weight is 198 g/mol. The molecule has 0 radical (unpaired) electrons. The van der Waals surface area contributed by atoms with E-state index in [4.69, 9.17) is 4.74 Å². The summed E-state index contributed by atoms with van der Waals surface area (Å²) in [5.74, 6) is -0.920. The third-order valence-electron chi connectivity index (χ3n) is 2.83. The van der Waals surface area contributed by atoms with Gasteiger partial charge >= 0.3 is 0 Å². The fourth-order valence-corrected chi connectivity index (χ4v) is 1.80. The Balaban J connectivity index is 2.46. The zero-order valence-electron chi connectivity index (χ0n) is 8.02. The van der Waals surface area contributed by atoms with Crippen LogP contribution in [-0.4, -0.2) is 7.11 Å². The molecule has 0 aliphatic heterocycles. The second-order valence-corrected chi connectivity index (χ2v) is 3.61. The lowest BCUT2D eigenvalue weighted by Crippen LogP contribution is -2.13. The highest BCUT2D eigenvalue weighted by atomic mass is 19.2. The van der Waals surface area contributed by atoms with Gasteiger partial charge in [-0.1, -0.05) is 6.42 Å². The van der Waals surface area contributed by atoms with Crippen molar-refractivity contribution in [3.63, 3.8) is 0 Å². The normalized spacial score (nSPS) is 16.5. The molecule has 0 aromatic heterocycles. The van der Waals surface area contributed by atoms with Gasteiger partial charge in [-0.15, -0.1) is 0 Å². The molecule has 1 aromatic rings. The molecule has 3 heteroatoms. The Kier molecular flexibility index (Phi) is 2.40. The highest BCUT2D eigenvalue weighted by Crippen LogP contribution is 2.42. The Bertz CT molecular complexity index is 345. The van der Waals surface area contributed by atoms with Crippen molar-refractivity contribution in [2.75, 3.05) is 7.11 Å². The zero-order chi connectivity index (χ0) is 10.1. The Morgan fingerprint density at radius 1 is 1.29 bits per heavy atom. The molecule has 0 bridgehead atoms. The topological polar surface area (TPSA) is 9.23 Å². The first-order chi connectivity index (χ1) is 6.74. The standard InChI is InChI=1S/C11H12F2O/c1-14-9-6-5-8(12)11(13)10(9)7-3-2-4-7/h5-7H,2-4H2,1H3. The second-order valence-electron chi connectivity index (χ2n) is 3.61. The van der Waals surface area contributed by atoms with E-state index in [-0.39, 0.29) is 5.92 Å². The molecule has 0 heterocycles. The Hall–Kier alpha value is -1.12. The fraction of sp³-hybridized carbons (Fsp3) is 0.455. The van der Waals surface area contributed by atoms with Crippen molar-refractivity contribution in [2.45, 2.75) is 25.2 Å². The lowest BCUT2D eigenvalue weighted by molar-refractivity contribution is 0.353. The molecule has 0 N–H and O–H groups in total. The summed E-state index contributed by atoms with van der Waals surface area (Å²) >= 11 is 0. The van der Waals surface area contributed by atoms with E-state index in [2.05, 4.69) is 0 Å². The molecule has 76 valence electrons. The first-order valence-corrected chi connectivity index (χ1v) is 4.76. The van der Waals surface area contributed by atoms with Crippen LogP contribution >= 0.6 is 0 Å². The quantitative estimate of drug-likeness (QED) is 0.708. The molecule has 0 spiro atoms. The number of hydrogen-bond acceptors (Lipinski definition) is 1. The first-order valence-electron chi connectivity index (χ1n) is 4.76. The fourth-order valence-electron chi connectivity index (χ4n) is 1.80. The third-order valence-corrected chi connectivity index (χ3v) is 2.83. The van der Waals surface area contributed by atoms with Crippen LogP contribution in [-0.2, 0) is 0 Å². The van der Waals surface area contributed by atoms with Crippen molar-refractivity contribution in [3.8, 4) is 5.75 Å². The van der Waals surface area contributed by atoms with Crippen LogP contribution in [0, 0.1) is 11.6 Å². The van der Waals surface area contributed by atoms with Gasteiger partial charge in [0, 0.05) is 5.56 Å². The smallest absolute Gasteiger partial charge is 0.165 e. The number of hydrogen-bond donors (Lipinski definition) is 0. The Morgan fingerprint density at radius 2 is 2.00 bits per heavy atom. The Morgan fingerprint density at radius 3 is 2.50 bits per heavy atom. The maximum Gasteiger partial charge on any atom is 0.165 e. The van der Waals surface area contributed by atoms with Crippen LogP contribution in [0.5, 0.6) is 5.75 Å².